The predicted molar refractivity (Wildman–Crippen MR) is 226 cm³/mol. The van der Waals surface area contributed by atoms with Crippen LogP contribution in [0.3, 0.4) is 0 Å². The number of H-pyrrole nitrogens is 2. The second-order valence-electron chi connectivity index (χ2n) is 13.2. The Balaban J connectivity index is 0.000000166. The number of carbonyl (C=O) groups excluding carboxylic acids is 2. The van der Waals surface area contributed by atoms with Gasteiger partial charge in [0.05, 0.1) is 22.2 Å². The number of halogens is 3. The Bertz CT molecular complexity index is 2800. The standard InChI is InChI=1S/C22H16ClN3O2.C16H12ClN3O.C6H5ClO.Na.H/c23-14-4-2-5-15(11-14)28-20-8-7-13-3-1-6-16(21(13)26-20)19-12-17-18(25-19)9-10-24-22(17)27;17-14-5-4-9-2-1-3-10(15(9)20-14)13-8-11-12(19-13)6-7-18-16(11)21;7-5-2-1-3-6(8)4-5;;/h1-8,11-12,25H,9-10H2,(H,24,27);1-5,8,19H,6-7H2,(H,18,21);1-4,8H;;/q;;;+1;-1. The number of nitrogens with zero attached hydrogens (tertiary/aromatic N) is 2. The van der Waals surface area contributed by atoms with Crippen LogP contribution in [0, 0.1) is 0 Å². The van der Waals surface area contributed by atoms with E-state index in [4.69, 9.17) is 49.6 Å². The number of pyridine rings is 2. The minimum absolute atomic E-state index is 0. The average Bonchev–Trinajstić information content (AvgIpc) is 3.85. The van der Waals surface area contributed by atoms with E-state index in [0.717, 1.165) is 74.1 Å². The molecule has 58 heavy (non-hydrogen) atoms. The molecule has 6 heterocycles. The topological polar surface area (TPSA) is 145 Å². The van der Waals surface area contributed by atoms with Crippen molar-refractivity contribution in [2.45, 2.75) is 12.8 Å². The van der Waals surface area contributed by atoms with E-state index in [0.29, 0.717) is 45.5 Å². The molecule has 10 rings (SSSR count). The number of amides is 2. The summed E-state index contributed by atoms with van der Waals surface area (Å²) in [7, 11) is 0. The summed E-state index contributed by atoms with van der Waals surface area (Å²) in [5.41, 5.74) is 8.66. The molecule has 286 valence electrons. The van der Waals surface area contributed by atoms with E-state index in [1.54, 1.807) is 36.4 Å². The van der Waals surface area contributed by atoms with Gasteiger partial charge in [0.15, 0.2) is 0 Å². The quantitative estimate of drug-likeness (QED) is 0.0931. The maximum absolute atomic E-state index is 12.1. The van der Waals surface area contributed by atoms with Crippen molar-refractivity contribution in [1.29, 1.82) is 0 Å². The van der Waals surface area contributed by atoms with Gasteiger partial charge in [0, 0.05) is 86.7 Å². The van der Waals surface area contributed by atoms with Crippen molar-refractivity contribution < 1.29 is 50.4 Å². The summed E-state index contributed by atoms with van der Waals surface area (Å²) in [6.45, 7) is 1.32. The molecule has 4 aromatic carbocycles. The zero-order valence-electron chi connectivity index (χ0n) is 32.1. The van der Waals surface area contributed by atoms with Gasteiger partial charge in [0.25, 0.3) is 11.8 Å². The fourth-order valence-corrected chi connectivity index (χ4v) is 7.26. The molecule has 0 atom stereocenters. The molecule has 0 bridgehead atoms. The number of nitrogens with one attached hydrogen (secondary N) is 4. The first-order valence-corrected chi connectivity index (χ1v) is 19.2. The second-order valence-corrected chi connectivity index (χ2v) is 14.5. The van der Waals surface area contributed by atoms with Gasteiger partial charge in [0.1, 0.15) is 16.7 Å². The average molecular weight is 840 g/mol. The molecule has 0 saturated carbocycles. The molecule has 8 aromatic rings. The normalized spacial score (nSPS) is 12.7. The fraction of sp³-hybridized carbons (Fsp3) is 0.0909. The van der Waals surface area contributed by atoms with Gasteiger partial charge in [-0.3, -0.25) is 9.59 Å². The van der Waals surface area contributed by atoms with Gasteiger partial charge in [-0.15, -0.1) is 0 Å². The number of ether oxygens (including phenoxy) is 1. The van der Waals surface area contributed by atoms with Crippen molar-refractivity contribution in [1.82, 2.24) is 30.6 Å². The van der Waals surface area contributed by atoms with Crippen LogP contribution < -0.4 is 44.9 Å². The van der Waals surface area contributed by atoms with E-state index in [2.05, 4.69) is 25.6 Å². The number of carbonyl (C=O) groups is 2. The van der Waals surface area contributed by atoms with Crippen molar-refractivity contribution in [2.75, 3.05) is 13.1 Å². The number of aromatic hydroxyl groups is 1. The van der Waals surface area contributed by atoms with Crippen LogP contribution in [0.4, 0.5) is 0 Å². The zero-order valence-corrected chi connectivity index (χ0v) is 35.3. The van der Waals surface area contributed by atoms with E-state index in [-0.39, 0.29) is 48.5 Å². The van der Waals surface area contributed by atoms with Crippen LogP contribution in [0.15, 0.2) is 121 Å². The van der Waals surface area contributed by atoms with Crippen LogP contribution >= 0.6 is 34.8 Å². The van der Waals surface area contributed by atoms with E-state index < -0.39 is 0 Å². The maximum Gasteiger partial charge on any atom is 1.00 e. The van der Waals surface area contributed by atoms with Crippen LogP contribution in [0.2, 0.25) is 15.2 Å². The summed E-state index contributed by atoms with van der Waals surface area (Å²) in [5, 5.41) is 18.1. The van der Waals surface area contributed by atoms with Crippen molar-refractivity contribution in [3.63, 3.8) is 0 Å². The number of phenolic OH excluding ortho intramolecular Hbond substituents is 1. The Hall–Kier alpha value is -5.33. The Kier molecular flexibility index (Phi) is 12.7. The summed E-state index contributed by atoms with van der Waals surface area (Å²) < 4.78 is 5.89. The van der Waals surface area contributed by atoms with Gasteiger partial charge in [-0.1, -0.05) is 83.3 Å². The largest absolute Gasteiger partial charge is 1.00 e. The van der Waals surface area contributed by atoms with E-state index in [1.165, 1.54) is 6.07 Å². The molecule has 0 radical (unpaired) electrons. The third-order valence-electron chi connectivity index (χ3n) is 9.40. The third kappa shape index (κ3) is 9.18. The van der Waals surface area contributed by atoms with Crippen molar-refractivity contribution >= 4 is 68.4 Å². The third-order valence-corrected chi connectivity index (χ3v) is 10.1. The minimum Gasteiger partial charge on any atom is -1.00 e. The second kappa shape index (κ2) is 18.1. The Morgan fingerprint density at radius 3 is 1.66 bits per heavy atom. The molecule has 0 aliphatic carbocycles. The molecule has 14 heteroatoms. The molecule has 0 saturated heterocycles. The smallest absolute Gasteiger partial charge is 1.00 e. The van der Waals surface area contributed by atoms with Gasteiger partial charge in [-0.2, -0.15) is 0 Å². The van der Waals surface area contributed by atoms with Crippen LogP contribution in [0.1, 0.15) is 33.5 Å². The number of aromatic nitrogens is 4. The Morgan fingerprint density at radius 2 is 1.12 bits per heavy atom. The van der Waals surface area contributed by atoms with Crippen molar-refractivity contribution in [3.8, 4) is 39.9 Å². The molecular formula is C44H34Cl3N6NaO4. The van der Waals surface area contributed by atoms with Crippen LogP contribution in [0.25, 0.3) is 44.3 Å². The summed E-state index contributed by atoms with van der Waals surface area (Å²) in [6, 6.07) is 36.9. The number of fused-ring (bicyclic) bond motifs is 4. The number of phenols is 1. The first-order chi connectivity index (χ1) is 27.7. The van der Waals surface area contributed by atoms with Crippen molar-refractivity contribution in [3.05, 3.63) is 159 Å². The Morgan fingerprint density at radius 1 is 0.586 bits per heavy atom. The number of aromatic amines is 2. The monoisotopic (exact) mass is 838 g/mol. The fourth-order valence-electron chi connectivity index (χ4n) is 6.75. The van der Waals surface area contributed by atoms with E-state index in [1.807, 2.05) is 78.9 Å². The van der Waals surface area contributed by atoms with E-state index in [9.17, 15) is 9.59 Å². The maximum atomic E-state index is 12.1. The van der Waals surface area contributed by atoms with Crippen LogP contribution in [-0.4, -0.2) is 49.9 Å². The van der Waals surface area contributed by atoms with Crippen molar-refractivity contribution in [2.24, 2.45) is 0 Å². The molecular weight excluding hydrogens is 806 g/mol. The molecule has 2 amide bonds. The SMILES string of the molecule is O=C1NCCc2[nH]c(-c3cccc4ccc(Cl)nc34)cc21.O=C1NCCc2[nH]c(-c3cccc4ccc(Oc5cccc(Cl)c5)nc34)cc21.Oc1cccc(Cl)c1.[H-].[Na+]. The summed E-state index contributed by atoms with van der Waals surface area (Å²) >= 11 is 17.5. The number of benzene rings is 4. The summed E-state index contributed by atoms with van der Waals surface area (Å²) in [6.07, 6.45) is 1.61. The summed E-state index contributed by atoms with van der Waals surface area (Å²) in [5.74, 6) is 1.25. The first kappa shape index (κ1) is 40.9. The molecule has 2 aliphatic heterocycles. The summed E-state index contributed by atoms with van der Waals surface area (Å²) in [4.78, 5) is 39.9. The van der Waals surface area contributed by atoms with E-state index >= 15 is 0 Å². The molecule has 0 fully saturated rings. The van der Waals surface area contributed by atoms with Gasteiger partial charge < -0.3 is 31.9 Å². The predicted octanol–water partition coefficient (Wildman–Crippen LogP) is 7.29. The number of hydrogen-bond acceptors (Lipinski definition) is 6. The molecule has 0 spiro atoms. The van der Waals surface area contributed by atoms with Gasteiger partial charge >= 0.3 is 29.6 Å². The number of para-hydroxylation sites is 2. The minimum atomic E-state index is -0.0399. The first-order valence-electron chi connectivity index (χ1n) is 18.0. The molecule has 5 N–H and O–H groups in total. The number of hydrogen-bond donors (Lipinski definition) is 5. The van der Waals surface area contributed by atoms with Gasteiger partial charge in [-0.25, -0.2) is 9.97 Å². The molecule has 4 aromatic heterocycles. The molecule has 10 nitrogen and oxygen atoms in total. The van der Waals surface area contributed by atoms with Crippen LogP contribution in [-0.2, 0) is 12.8 Å². The zero-order chi connectivity index (χ0) is 39.5. The van der Waals surface area contributed by atoms with Gasteiger partial charge in [-0.05, 0) is 66.7 Å². The molecule has 2 aliphatic rings. The van der Waals surface area contributed by atoms with Gasteiger partial charge in [0.2, 0.25) is 5.88 Å². The van der Waals surface area contributed by atoms with Crippen LogP contribution in [0.5, 0.6) is 17.4 Å². The Labute approximate surface area is 371 Å². The molecule has 0 unspecified atom stereocenters. The number of rotatable bonds is 4.